The van der Waals surface area contributed by atoms with Crippen molar-refractivity contribution in [2.24, 2.45) is 0 Å². The maximum absolute atomic E-state index is 6.27. The fraction of sp³-hybridized carbons (Fsp3) is 0.294. The zero-order valence-corrected chi connectivity index (χ0v) is 12.9. The van der Waals surface area contributed by atoms with Gasteiger partial charge in [0, 0.05) is 18.2 Å². The van der Waals surface area contributed by atoms with Gasteiger partial charge in [0.25, 0.3) is 0 Å². The lowest BCUT2D eigenvalue weighted by Crippen LogP contribution is -2.22. The lowest BCUT2D eigenvalue weighted by Gasteiger charge is -2.15. The Bertz CT molecular complexity index is 564. The molecule has 0 aromatic heterocycles. The van der Waals surface area contributed by atoms with E-state index in [9.17, 15) is 0 Å². The highest BCUT2D eigenvalue weighted by Crippen LogP contribution is 2.33. The normalized spacial score (nSPS) is 10.8. The molecule has 0 saturated carbocycles. The largest absolute Gasteiger partial charge is 0.455 e. The Hall–Kier alpha value is -1.51. The summed E-state index contributed by atoms with van der Waals surface area (Å²) >= 11 is 6.27. The van der Waals surface area contributed by atoms with E-state index in [-0.39, 0.29) is 0 Å². The Morgan fingerprint density at radius 2 is 1.80 bits per heavy atom. The fourth-order valence-electron chi connectivity index (χ4n) is 1.85. The molecule has 2 nitrogen and oxygen atoms in total. The first-order chi connectivity index (χ1) is 9.56. The Labute approximate surface area is 125 Å². The summed E-state index contributed by atoms with van der Waals surface area (Å²) < 4.78 is 5.96. The summed E-state index contributed by atoms with van der Waals surface area (Å²) in [5, 5.41) is 4.02. The second kappa shape index (κ2) is 6.78. The molecule has 0 atom stereocenters. The van der Waals surface area contributed by atoms with Gasteiger partial charge in [0.2, 0.25) is 0 Å². The topological polar surface area (TPSA) is 21.3 Å². The van der Waals surface area contributed by atoms with Crippen LogP contribution in [-0.2, 0) is 6.54 Å². The van der Waals surface area contributed by atoms with Crippen molar-refractivity contribution in [3.05, 3.63) is 58.6 Å². The van der Waals surface area contributed by atoms with E-state index in [1.807, 2.05) is 42.5 Å². The first-order valence-corrected chi connectivity index (χ1v) is 7.19. The molecule has 0 spiro atoms. The number of ether oxygens (including phenoxy) is 1. The van der Waals surface area contributed by atoms with Gasteiger partial charge in [-0.1, -0.05) is 55.3 Å². The molecule has 2 rings (SSSR count). The number of rotatable bonds is 5. The van der Waals surface area contributed by atoms with Crippen molar-refractivity contribution in [3.63, 3.8) is 0 Å². The van der Waals surface area contributed by atoms with Crippen LogP contribution in [-0.4, -0.2) is 6.04 Å². The van der Waals surface area contributed by atoms with Crippen LogP contribution >= 0.6 is 11.6 Å². The van der Waals surface area contributed by atoms with Crippen LogP contribution in [0.4, 0.5) is 0 Å². The van der Waals surface area contributed by atoms with Gasteiger partial charge in [-0.05, 0) is 25.1 Å². The highest BCUT2D eigenvalue weighted by molar-refractivity contribution is 6.32. The quantitative estimate of drug-likeness (QED) is 0.842. The van der Waals surface area contributed by atoms with Gasteiger partial charge in [0.05, 0.1) is 5.02 Å². The van der Waals surface area contributed by atoms with Gasteiger partial charge in [0.1, 0.15) is 11.5 Å². The molecule has 2 aromatic carbocycles. The summed E-state index contributed by atoms with van der Waals surface area (Å²) in [5.41, 5.74) is 2.27. The maximum atomic E-state index is 6.27. The van der Waals surface area contributed by atoms with Gasteiger partial charge in [-0.25, -0.2) is 0 Å². The van der Waals surface area contributed by atoms with E-state index in [0.29, 0.717) is 11.1 Å². The molecular formula is C17H20ClNO. The van der Waals surface area contributed by atoms with Crippen LogP contribution in [0.15, 0.2) is 42.5 Å². The van der Waals surface area contributed by atoms with Gasteiger partial charge in [-0.3, -0.25) is 0 Å². The summed E-state index contributed by atoms with van der Waals surface area (Å²) in [5.74, 6) is 1.53. The average Bonchev–Trinajstić information content (AvgIpc) is 2.41. The van der Waals surface area contributed by atoms with Crippen LogP contribution in [0.3, 0.4) is 0 Å². The molecule has 106 valence electrons. The lowest BCUT2D eigenvalue weighted by atomic mass is 10.2. The molecule has 2 aromatic rings. The lowest BCUT2D eigenvalue weighted by molar-refractivity contribution is 0.469. The summed E-state index contributed by atoms with van der Waals surface area (Å²) in [6.07, 6.45) is 0. The summed E-state index contributed by atoms with van der Waals surface area (Å²) in [4.78, 5) is 0. The number of aryl methyl sites for hydroxylation is 1. The van der Waals surface area contributed by atoms with Gasteiger partial charge < -0.3 is 10.1 Å². The van der Waals surface area contributed by atoms with Crippen LogP contribution in [0.1, 0.15) is 25.0 Å². The smallest absolute Gasteiger partial charge is 0.150 e. The average molecular weight is 290 g/mol. The summed E-state index contributed by atoms with van der Waals surface area (Å²) in [7, 11) is 0. The molecule has 0 bridgehead atoms. The van der Waals surface area contributed by atoms with Gasteiger partial charge in [0.15, 0.2) is 0 Å². The monoisotopic (exact) mass is 289 g/mol. The molecular weight excluding hydrogens is 270 g/mol. The van der Waals surface area contributed by atoms with E-state index >= 15 is 0 Å². The predicted octanol–water partition coefficient (Wildman–Crippen LogP) is 4.94. The highest BCUT2D eigenvalue weighted by Gasteiger charge is 2.10. The number of hydrogen-bond acceptors (Lipinski definition) is 2. The molecule has 3 heteroatoms. The first kappa shape index (κ1) is 14.9. The Morgan fingerprint density at radius 3 is 2.45 bits per heavy atom. The number of para-hydroxylation sites is 1. The van der Waals surface area contributed by atoms with Crippen molar-refractivity contribution in [1.82, 2.24) is 5.32 Å². The zero-order chi connectivity index (χ0) is 14.5. The number of hydrogen-bond donors (Lipinski definition) is 1. The molecule has 0 aliphatic rings. The van der Waals surface area contributed by atoms with E-state index in [0.717, 1.165) is 23.6 Å². The molecule has 0 heterocycles. The van der Waals surface area contributed by atoms with Gasteiger partial charge in [-0.15, -0.1) is 0 Å². The zero-order valence-electron chi connectivity index (χ0n) is 12.1. The molecule has 0 radical (unpaired) electrons. The van der Waals surface area contributed by atoms with Crippen molar-refractivity contribution < 1.29 is 4.74 Å². The fourth-order valence-corrected chi connectivity index (χ4v) is 2.08. The summed E-state index contributed by atoms with van der Waals surface area (Å²) in [6.45, 7) is 7.02. The molecule has 0 aliphatic carbocycles. The predicted molar refractivity (Wildman–Crippen MR) is 84.7 cm³/mol. The molecule has 0 aliphatic heterocycles. The Balaban J connectivity index is 2.23. The minimum atomic E-state index is 0.418. The van der Waals surface area contributed by atoms with Crippen LogP contribution in [0.2, 0.25) is 5.02 Å². The number of benzene rings is 2. The van der Waals surface area contributed by atoms with E-state index in [4.69, 9.17) is 16.3 Å². The van der Waals surface area contributed by atoms with Gasteiger partial charge in [-0.2, -0.15) is 0 Å². The van der Waals surface area contributed by atoms with E-state index in [1.165, 1.54) is 5.56 Å². The molecule has 0 amide bonds. The molecule has 1 N–H and O–H groups in total. The van der Waals surface area contributed by atoms with Crippen LogP contribution in [0.25, 0.3) is 0 Å². The van der Waals surface area contributed by atoms with E-state index < -0.39 is 0 Å². The number of nitrogens with one attached hydrogen (secondary N) is 1. The van der Waals surface area contributed by atoms with Crippen LogP contribution in [0, 0.1) is 6.92 Å². The van der Waals surface area contributed by atoms with Crippen molar-refractivity contribution in [2.45, 2.75) is 33.4 Å². The highest BCUT2D eigenvalue weighted by atomic mass is 35.5. The standard InChI is InChI=1S/C17H20ClNO/c1-12(2)19-11-14-5-4-6-16(18)17(14)20-15-9-7-13(3)8-10-15/h4-10,12,19H,11H2,1-3H3. The molecule has 0 fully saturated rings. The minimum Gasteiger partial charge on any atom is -0.455 e. The second-order valence-electron chi connectivity index (χ2n) is 5.18. The first-order valence-electron chi connectivity index (χ1n) is 6.81. The Kier molecular flexibility index (Phi) is 5.05. The van der Waals surface area contributed by atoms with Crippen molar-refractivity contribution in [2.75, 3.05) is 0 Å². The third kappa shape index (κ3) is 3.99. The third-order valence-electron chi connectivity index (χ3n) is 2.99. The van der Waals surface area contributed by atoms with Crippen molar-refractivity contribution >= 4 is 11.6 Å². The Morgan fingerprint density at radius 1 is 1.10 bits per heavy atom. The van der Waals surface area contributed by atoms with Crippen molar-refractivity contribution in [1.29, 1.82) is 0 Å². The minimum absolute atomic E-state index is 0.418. The molecule has 0 saturated heterocycles. The van der Waals surface area contributed by atoms with Crippen molar-refractivity contribution in [3.8, 4) is 11.5 Å². The van der Waals surface area contributed by atoms with E-state index in [2.05, 4.69) is 26.1 Å². The summed E-state index contributed by atoms with van der Waals surface area (Å²) in [6, 6.07) is 14.2. The third-order valence-corrected chi connectivity index (χ3v) is 3.29. The SMILES string of the molecule is Cc1ccc(Oc2c(Cl)cccc2CNC(C)C)cc1. The van der Waals surface area contributed by atoms with Gasteiger partial charge >= 0.3 is 0 Å². The van der Waals surface area contributed by atoms with E-state index in [1.54, 1.807) is 0 Å². The maximum Gasteiger partial charge on any atom is 0.150 e. The van der Waals surface area contributed by atoms with Crippen LogP contribution in [0.5, 0.6) is 11.5 Å². The molecule has 20 heavy (non-hydrogen) atoms. The number of halogens is 1. The molecule has 0 unspecified atom stereocenters. The van der Waals surface area contributed by atoms with Crippen LogP contribution < -0.4 is 10.1 Å². The second-order valence-corrected chi connectivity index (χ2v) is 5.59.